The number of hydrogen-bond donors (Lipinski definition) is 0. The Balaban J connectivity index is 2.17. The molecule has 2 aromatic carbocycles. The van der Waals surface area contributed by atoms with Crippen molar-refractivity contribution in [2.75, 3.05) is 0 Å². The highest BCUT2D eigenvalue weighted by atomic mass is 16.5. The lowest BCUT2D eigenvalue weighted by Gasteiger charge is -2.09. The monoisotopic (exact) mass is 223 g/mol. The number of rotatable bonds is 2. The molecule has 0 fully saturated rings. The van der Waals surface area contributed by atoms with E-state index in [2.05, 4.69) is 43.3 Å². The van der Waals surface area contributed by atoms with Gasteiger partial charge in [-0.05, 0) is 18.1 Å². The average Bonchev–Trinajstić information content (AvgIpc) is 2.60. The van der Waals surface area contributed by atoms with Crippen molar-refractivity contribution in [3.05, 3.63) is 42.0 Å². The molecular formula is C15H13NO. The van der Waals surface area contributed by atoms with Gasteiger partial charge in [-0.2, -0.15) is 4.57 Å². The van der Waals surface area contributed by atoms with Crippen LogP contribution in [0.4, 0.5) is 0 Å². The molecule has 4 rings (SSSR count). The van der Waals surface area contributed by atoms with E-state index >= 15 is 0 Å². The number of hydrogen-bond acceptors (Lipinski definition) is 1. The summed E-state index contributed by atoms with van der Waals surface area (Å²) in [6.45, 7) is 2.20. The van der Waals surface area contributed by atoms with Crippen molar-refractivity contribution < 1.29 is 4.52 Å². The van der Waals surface area contributed by atoms with Crippen molar-refractivity contribution in [1.29, 1.82) is 0 Å². The van der Waals surface area contributed by atoms with Crippen LogP contribution in [0.5, 0.6) is 0 Å². The molecule has 0 amide bonds. The number of aromatic nitrogens is 1. The second-order valence-electron chi connectivity index (χ2n) is 4.60. The van der Waals surface area contributed by atoms with Gasteiger partial charge in [0.15, 0.2) is 5.58 Å². The van der Waals surface area contributed by atoms with Crippen LogP contribution in [-0.4, -0.2) is 4.57 Å². The number of aryl methyl sites for hydroxylation is 1. The van der Waals surface area contributed by atoms with Gasteiger partial charge in [0.05, 0.1) is 5.52 Å². The Morgan fingerprint density at radius 1 is 1.06 bits per heavy atom. The molecule has 2 heteroatoms. The highest BCUT2D eigenvalue weighted by Crippen LogP contribution is 2.36. The van der Waals surface area contributed by atoms with E-state index in [0.29, 0.717) is 0 Å². The maximum atomic E-state index is 5.83. The zero-order valence-corrected chi connectivity index (χ0v) is 9.73. The molecule has 2 aromatic heterocycles. The normalized spacial score (nSPS) is 12.3. The van der Waals surface area contributed by atoms with Crippen molar-refractivity contribution in [3.8, 4) is 0 Å². The standard InChI is InChI=1S/C15H13NO/c1-2-5-10-8-9-12-11-6-3-4-7-13(11)16-14(12)15(10)17-16/h3-4,6-9H,2,5H2,1H3. The lowest BCUT2D eigenvalue weighted by Crippen LogP contribution is -1.95. The molecule has 0 radical (unpaired) electrons. The van der Waals surface area contributed by atoms with E-state index in [-0.39, 0.29) is 0 Å². The van der Waals surface area contributed by atoms with Crippen LogP contribution < -0.4 is 0 Å². The summed E-state index contributed by atoms with van der Waals surface area (Å²) in [5.74, 6) is 0. The summed E-state index contributed by atoms with van der Waals surface area (Å²) < 4.78 is 7.79. The van der Waals surface area contributed by atoms with E-state index in [1.807, 2.05) is 4.57 Å². The van der Waals surface area contributed by atoms with E-state index in [1.165, 1.54) is 27.4 Å². The summed E-state index contributed by atoms with van der Waals surface area (Å²) >= 11 is 0. The van der Waals surface area contributed by atoms with Crippen LogP contribution in [-0.2, 0) is 6.42 Å². The Labute approximate surface area is 98.7 Å². The fourth-order valence-corrected chi connectivity index (χ4v) is 2.75. The minimum absolute atomic E-state index is 1.08. The molecule has 0 aliphatic carbocycles. The molecule has 0 atom stereocenters. The molecule has 0 aliphatic heterocycles. The van der Waals surface area contributed by atoms with Crippen molar-refractivity contribution in [2.24, 2.45) is 0 Å². The van der Waals surface area contributed by atoms with Gasteiger partial charge in [-0.15, -0.1) is 0 Å². The molecule has 2 nitrogen and oxygen atoms in total. The van der Waals surface area contributed by atoms with Crippen LogP contribution >= 0.6 is 0 Å². The lowest BCUT2D eigenvalue weighted by atomic mass is 10.1. The molecule has 4 aromatic rings. The summed E-state index contributed by atoms with van der Waals surface area (Å²) in [4.78, 5) is 0. The first-order valence-corrected chi connectivity index (χ1v) is 6.13. The van der Waals surface area contributed by atoms with Crippen LogP contribution in [0.1, 0.15) is 18.9 Å². The van der Waals surface area contributed by atoms with Gasteiger partial charge in [0, 0.05) is 10.8 Å². The fraction of sp³-hybridized carbons (Fsp3) is 0.200. The smallest absolute Gasteiger partial charge is 0.186 e. The zero-order valence-electron chi connectivity index (χ0n) is 9.73. The summed E-state index contributed by atoms with van der Waals surface area (Å²) in [5, 5.41) is 2.59. The van der Waals surface area contributed by atoms with Crippen LogP contribution in [0.15, 0.2) is 40.9 Å². The minimum Gasteiger partial charge on any atom is -0.372 e. The molecule has 0 N–H and O–H groups in total. The largest absolute Gasteiger partial charge is 0.372 e. The van der Waals surface area contributed by atoms with E-state index in [1.54, 1.807) is 0 Å². The van der Waals surface area contributed by atoms with E-state index < -0.39 is 0 Å². The Kier molecular flexibility index (Phi) is 1.63. The maximum absolute atomic E-state index is 5.83. The maximum Gasteiger partial charge on any atom is 0.186 e. The minimum atomic E-state index is 1.08. The molecule has 0 bridgehead atoms. The summed E-state index contributed by atoms with van der Waals surface area (Å²) in [6, 6.07) is 12.8. The quantitative estimate of drug-likeness (QED) is 0.497. The predicted octanol–water partition coefficient (Wildman–Crippen LogP) is 4.23. The highest BCUT2D eigenvalue weighted by molar-refractivity contribution is 6.13. The van der Waals surface area contributed by atoms with Crippen LogP contribution in [0.3, 0.4) is 0 Å². The van der Waals surface area contributed by atoms with Gasteiger partial charge >= 0.3 is 0 Å². The highest BCUT2D eigenvalue weighted by Gasteiger charge is 2.19. The lowest BCUT2D eigenvalue weighted by molar-refractivity contribution is 0.382. The van der Waals surface area contributed by atoms with Crippen molar-refractivity contribution in [2.45, 2.75) is 19.8 Å². The molecule has 0 saturated carbocycles. The predicted molar refractivity (Wildman–Crippen MR) is 69.9 cm³/mol. The summed E-state index contributed by atoms with van der Waals surface area (Å²) in [5.41, 5.74) is 4.84. The van der Waals surface area contributed by atoms with Crippen LogP contribution in [0, 0.1) is 0 Å². The Morgan fingerprint density at radius 2 is 1.94 bits per heavy atom. The Hall–Kier alpha value is -1.96. The fourth-order valence-electron chi connectivity index (χ4n) is 2.75. The molecule has 0 aliphatic rings. The summed E-state index contributed by atoms with van der Waals surface area (Å²) in [7, 11) is 0. The molecule has 0 unspecified atom stereocenters. The van der Waals surface area contributed by atoms with E-state index in [0.717, 1.165) is 18.4 Å². The average molecular weight is 223 g/mol. The van der Waals surface area contributed by atoms with Gasteiger partial charge in [-0.1, -0.05) is 43.7 Å². The van der Waals surface area contributed by atoms with Gasteiger partial charge in [0.1, 0.15) is 5.52 Å². The number of para-hydroxylation sites is 1. The second kappa shape index (κ2) is 3.04. The van der Waals surface area contributed by atoms with Crippen molar-refractivity contribution in [1.82, 2.24) is 4.57 Å². The first kappa shape index (κ1) is 9.11. The second-order valence-corrected chi connectivity index (χ2v) is 4.60. The van der Waals surface area contributed by atoms with Crippen LogP contribution in [0.2, 0.25) is 0 Å². The number of benzene rings is 2. The molecule has 0 saturated heterocycles. The van der Waals surface area contributed by atoms with Crippen molar-refractivity contribution in [3.63, 3.8) is 0 Å². The third-order valence-corrected chi connectivity index (χ3v) is 3.53. The Morgan fingerprint density at radius 3 is 2.82 bits per heavy atom. The number of fused-ring (bicyclic) bond motifs is 3. The molecular weight excluding hydrogens is 210 g/mol. The Bertz CT molecular complexity index is 806. The van der Waals surface area contributed by atoms with E-state index in [4.69, 9.17) is 4.52 Å². The van der Waals surface area contributed by atoms with E-state index in [9.17, 15) is 0 Å². The van der Waals surface area contributed by atoms with Gasteiger partial charge in [0.25, 0.3) is 0 Å². The third-order valence-electron chi connectivity index (χ3n) is 3.53. The van der Waals surface area contributed by atoms with Gasteiger partial charge in [-0.3, -0.25) is 0 Å². The summed E-state index contributed by atoms with van der Waals surface area (Å²) in [6.07, 6.45) is 2.24. The molecule has 84 valence electrons. The third kappa shape index (κ3) is 1.00. The van der Waals surface area contributed by atoms with Crippen LogP contribution in [0.25, 0.3) is 27.4 Å². The van der Waals surface area contributed by atoms with Crippen molar-refractivity contribution >= 4 is 27.4 Å². The number of nitrogens with zero attached hydrogens (tertiary/aromatic N) is 1. The topological polar surface area (TPSA) is 17.6 Å². The molecule has 17 heavy (non-hydrogen) atoms. The van der Waals surface area contributed by atoms with Gasteiger partial charge < -0.3 is 4.52 Å². The zero-order chi connectivity index (χ0) is 11.4. The van der Waals surface area contributed by atoms with Gasteiger partial charge in [0.2, 0.25) is 0 Å². The first-order valence-electron chi connectivity index (χ1n) is 6.13. The molecule has 0 spiro atoms. The SMILES string of the molecule is CCCc1ccc2c3ccccc3n3oc1c23. The first-order chi connectivity index (χ1) is 8.40. The van der Waals surface area contributed by atoms with Gasteiger partial charge in [-0.25, -0.2) is 0 Å². The molecule has 2 heterocycles.